The van der Waals surface area contributed by atoms with E-state index in [2.05, 4.69) is 244 Å². The highest BCUT2D eigenvalue weighted by molar-refractivity contribution is 7.08. The number of ether oxygens (including phenoxy) is 1. The van der Waals surface area contributed by atoms with Gasteiger partial charge in [-0.3, -0.25) is 72.5 Å². The topological polar surface area (TPSA) is 357 Å². The minimum atomic E-state index is -0.115. The Morgan fingerprint density at radius 3 is 1.35 bits per heavy atom. The lowest BCUT2D eigenvalue weighted by Gasteiger charge is -2.20. The second kappa shape index (κ2) is 49.8. The quantitative estimate of drug-likeness (QED) is 0.0237. The van der Waals surface area contributed by atoms with E-state index in [1.807, 2.05) is 41.5 Å². The third-order valence-electron chi connectivity index (χ3n) is 32.6. The lowest BCUT2D eigenvalue weighted by atomic mass is 9.90. The fraction of sp³-hybridized carbons (Fsp3) is 0.712. The maximum Gasteiger partial charge on any atom is 0.290 e. The molecule has 14 aliphatic rings. The van der Waals surface area contributed by atoms with Crippen LogP contribution in [0.15, 0.2) is 48.1 Å². The lowest BCUT2D eigenvalue weighted by Crippen LogP contribution is -2.40. The van der Waals surface area contributed by atoms with Crippen LogP contribution in [-0.2, 0) is 18.3 Å². The molecule has 0 spiro atoms. The summed E-state index contributed by atoms with van der Waals surface area (Å²) in [6, 6.07) is 14.0. The number of pyridine rings is 1. The van der Waals surface area contributed by atoms with E-state index in [4.69, 9.17) is 4.74 Å². The summed E-state index contributed by atoms with van der Waals surface area (Å²) >= 11 is 5.40. The number of carbonyl (C=O) groups excluding carboxylic acids is 8. The SMILES string of the molecule is CC(C)N1C[C@@H](C)[C@@H](NC(=O)c2cc(C3CC3)n(C)n2)C1.CC(C)N1C[C@@H](C)[C@@H](NC(=O)c2nc(C3CC3)ns2)C1.CC(C)N1C[C@@H](CC(=O)c2cc(O)c3c(c2)OCC(=O)C3)[C@@H](C)C1.CC(C)N1C[C@@H](CC(=O)c2csnc2C2CC2)[C@@H](C)C1.CC(C)N1C[C@H](C)[C@H](NC(=O)c2cc(C3CC3)ns2)C1.CC(C)N1C[C@H](C)[C@H](NC(=O)c2cncc(C3CC3)c2)C1.CC(C)N1C[C@H](C)[C@H](NC(=O)c2nsc(C3CC3)n2)C1. The van der Waals surface area contributed by atoms with Crippen molar-refractivity contribution in [3.05, 3.63) is 125 Å². The Morgan fingerprint density at radius 1 is 0.425 bits per heavy atom. The number of carbonyl (C=O) groups is 8. The molecule has 31 nitrogen and oxygen atoms in total. The summed E-state index contributed by atoms with van der Waals surface area (Å²) in [6.45, 7) is 60.5. The Hall–Kier alpha value is -8.36. The molecule has 35 heteroatoms. The molecule has 0 radical (unpaired) electrons. The zero-order valence-corrected chi connectivity index (χ0v) is 94.1. The first kappa shape index (κ1) is 112. The van der Waals surface area contributed by atoms with Crippen LogP contribution in [0.1, 0.15) is 381 Å². The summed E-state index contributed by atoms with van der Waals surface area (Å²) in [4.78, 5) is 129. The number of nitrogens with one attached hydrogen (secondary N) is 5. The molecule has 146 heavy (non-hydrogen) atoms. The van der Waals surface area contributed by atoms with Gasteiger partial charge in [0.15, 0.2) is 17.3 Å². The molecule has 6 aromatic heterocycles. The number of benzene rings is 1. The summed E-state index contributed by atoms with van der Waals surface area (Å²) in [5, 5.41) is 33.8. The molecule has 6 aliphatic carbocycles. The number of phenolic OH excluding ortho intramolecular Hbond substituents is 1. The molecule has 1 aromatic carbocycles. The largest absolute Gasteiger partial charge is 0.507 e. The van der Waals surface area contributed by atoms with Crippen LogP contribution in [-0.4, -0.2) is 299 Å². The smallest absolute Gasteiger partial charge is 0.290 e. The van der Waals surface area contributed by atoms with Crippen LogP contribution < -0.4 is 31.3 Å². The fourth-order valence-corrected chi connectivity index (χ4v) is 24.3. The monoisotopic (exact) mass is 2080 g/mol. The molecular formula is C111H167N21O10S4. The Balaban J connectivity index is 0.000000128. The number of aryl methyl sites for hydroxylation is 1. The number of aromatic hydroxyl groups is 1. The summed E-state index contributed by atoms with van der Waals surface area (Å²) < 4.78 is 24.6. The van der Waals surface area contributed by atoms with E-state index in [1.165, 1.54) is 141 Å². The summed E-state index contributed by atoms with van der Waals surface area (Å²) in [7, 11) is 1.93. The Labute approximate surface area is 883 Å². The van der Waals surface area contributed by atoms with Gasteiger partial charge >= 0.3 is 0 Å². The van der Waals surface area contributed by atoms with Crippen LogP contribution in [0.3, 0.4) is 0 Å². The van der Waals surface area contributed by atoms with E-state index in [1.54, 1.807) is 12.3 Å². The molecule has 800 valence electrons. The van der Waals surface area contributed by atoms with Crippen LogP contribution >= 0.6 is 46.1 Å². The zero-order valence-electron chi connectivity index (χ0n) is 90.8. The van der Waals surface area contributed by atoms with Crippen molar-refractivity contribution in [3.8, 4) is 11.5 Å². The zero-order chi connectivity index (χ0) is 105. The Morgan fingerprint density at radius 2 is 0.877 bits per heavy atom. The number of amides is 5. The van der Waals surface area contributed by atoms with Gasteiger partial charge in [-0.2, -0.15) is 22.6 Å². The third-order valence-corrected chi connectivity index (χ3v) is 35.7. The lowest BCUT2D eigenvalue weighted by molar-refractivity contribution is -0.121. The van der Waals surface area contributed by atoms with Crippen molar-refractivity contribution >= 4 is 93.0 Å². The first-order valence-corrected chi connectivity index (χ1v) is 58.1. The molecule has 6 saturated carbocycles. The number of ketones is 3. The van der Waals surface area contributed by atoms with Gasteiger partial charge in [-0.25, -0.2) is 9.97 Å². The number of rotatable bonds is 29. The van der Waals surface area contributed by atoms with Crippen molar-refractivity contribution < 1.29 is 48.2 Å². The van der Waals surface area contributed by atoms with Gasteiger partial charge in [0.2, 0.25) is 10.8 Å². The van der Waals surface area contributed by atoms with Gasteiger partial charge in [0.1, 0.15) is 39.5 Å². The molecule has 5 amide bonds. The highest BCUT2D eigenvalue weighted by atomic mass is 32.1. The molecule has 13 fully saturated rings. The molecule has 8 aliphatic heterocycles. The number of hydrogen-bond donors (Lipinski definition) is 6. The van der Waals surface area contributed by atoms with Gasteiger partial charge in [-0.1, -0.05) is 48.5 Å². The molecule has 14 atom stereocenters. The second-order valence-corrected chi connectivity index (χ2v) is 50.2. The van der Waals surface area contributed by atoms with Gasteiger partial charge < -0.3 is 46.2 Å². The maximum absolute atomic E-state index is 12.7. The standard InChI is InChI=1S/C19H25NO4.C17H25N3O.C16H26N4O.C16H24N2OS.C15H23N3OS.2C14H22N4OS/c1-11(2)20-8-12(3)14(9-20)5-17(22)13-4-18(23)16-7-15(21)10-24-19(16)6-13;1-11(2)20-9-12(3)16(10-20)19-17(21)15-6-14(7-18-8-15)13-4-5-13;1-10(2)20-8-11(3)14(9-20)17-16(21)13-7-15(12-5-6-12)19(4)18-13;1-10(2)18-7-11(3)13(8-18)6-15(19)14-9-20-17-16(14)12-4-5-12;1-9(2)18-7-10(3)13(8-18)16-15(19)14-6-12(17-20-14)11-4-5-11;1-8(2)18-6-9(3)11(7-18)15-13(19)12-16-14(20-17-12)10-4-5-10;1-8(2)18-6-9(3)11(7-18)15-13(19)14-16-12(17-20-14)10-4-5-10/h4,6,11-12,14,23H,5,7-10H2,1-3H3;6-8,11-13,16H,4-5,9-10H2,1-3H3,(H,19,21);7,10-12,14H,5-6,8-9H2,1-4H3,(H,17,21);9-13H,4-8H2,1-3H3;6,9-11,13H,4-5,7-8H2,1-3H3,(H,16,19);2*8-11H,4-7H2,1-3H3,(H,15,19)/t12-,14+;12-,16+;11-,14+;11-,13+;10-,13+;2*9-,11+/m0010001/s1. The van der Waals surface area contributed by atoms with Gasteiger partial charge in [0.25, 0.3) is 29.5 Å². The number of hydrogen-bond acceptors (Lipinski definition) is 29. The van der Waals surface area contributed by atoms with E-state index in [-0.39, 0.29) is 90.1 Å². The highest BCUT2D eigenvalue weighted by Crippen LogP contribution is 2.46. The van der Waals surface area contributed by atoms with E-state index < -0.39 is 0 Å². The highest BCUT2D eigenvalue weighted by Gasteiger charge is 2.43. The first-order valence-electron chi connectivity index (χ1n) is 54.9. The van der Waals surface area contributed by atoms with E-state index in [0.717, 1.165) is 124 Å². The normalized spacial score (nSPS) is 26.5. The van der Waals surface area contributed by atoms with E-state index >= 15 is 0 Å². The molecule has 21 rings (SSSR count). The molecule has 6 N–H and O–H groups in total. The van der Waals surface area contributed by atoms with Crippen molar-refractivity contribution in [1.29, 1.82) is 0 Å². The van der Waals surface area contributed by atoms with Crippen LogP contribution in [0.25, 0.3) is 0 Å². The Bertz CT molecular complexity index is 5370. The number of nitrogens with zero attached hydrogens (tertiary/aromatic N) is 16. The number of Topliss-reactive ketones (excluding diaryl/α,β-unsaturated/α-hetero) is 3. The molecule has 0 bridgehead atoms. The molecule has 7 aromatic rings. The fourth-order valence-electron chi connectivity index (χ4n) is 21.3. The number of likely N-dealkylation sites (tertiary alicyclic amines) is 7. The van der Waals surface area contributed by atoms with Crippen LogP contribution in [0, 0.1) is 53.3 Å². The number of phenols is 1. The average Bonchev–Trinajstić information content (AvgIpc) is 1.78. The minimum Gasteiger partial charge on any atom is -0.507 e. The van der Waals surface area contributed by atoms with Crippen LogP contribution in [0.5, 0.6) is 11.5 Å². The summed E-state index contributed by atoms with van der Waals surface area (Å²) in [5.41, 5.74) is 7.76. The van der Waals surface area contributed by atoms with Crippen molar-refractivity contribution in [3.63, 3.8) is 0 Å². The summed E-state index contributed by atoms with van der Waals surface area (Å²) in [6.07, 6.45) is 19.4. The predicted molar refractivity (Wildman–Crippen MR) is 578 cm³/mol. The van der Waals surface area contributed by atoms with Crippen LogP contribution in [0.2, 0.25) is 0 Å². The van der Waals surface area contributed by atoms with Crippen molar-refractivity contribution in [2.75, 3.05) is 98.2 Å². The number of aromatic nitrogens is 9. The molecular weight excluding hydrogens is 1920 g/mol. The van der Waals surface area contributed by atoms with Crippen LogP contribution in [0.4, 0.5) is 0 Å². The second-order valence-electron chi connectivity index (χ2n) is 47.2. The first-order chi connectivity index (χ1) is 69.5. The van der Waals surface area contributed by atoms with Gasteiger partial charge in [0.05, 0.1) is 22.5 Å². The third kappa shape index (κ3) is 30.1. The van der Waals surface area contributed by atoms with Gasteiger partial charge in [-0.15, -0.1) is 0 Å². The van der Waals surface area contributed by atoms with Gasteiger partial charge in [0, 0.05) is 255 Å². The Kier molecular flexibility index (Phi) is 38.1. The van der Waals surface area contributed by atoms with E-state index in [9.17, 15) is 43.5 Å². The van der Waals surface area contributed by atoms with E-state index in [0.29, 0.717) is 189 Å². The van der Waals surface area contributed by atoms with Crippen molar-refractivity contribution in [2.45, 2.75) is 350 Å². The molecule has 7 saturated heterocycles. The molecule has 14 heterocycles. The maximum atomic E-state index is 12.7. The number of fused-ring (bicyclic) bond motifs is 1. The minimum absolute atomic E-state index is 0.00704. The van der Waals surface area contributed by atoms with Gasteiger partial charge in [-0.05, 0) is 315 Å². The summed E-state index contributed by atoms with van der Waals surface area (Å²) in [5.74, 6) is 9.74. The predicted octanol–water partition coefficient (Wildman–Crippen LogP) is 16.4. The van der Waals surface area contributed by atoms with Crippen molar-refractivity contribution in [1.82, 2.24) is 103 Å². The van der Waals surface area contributed by atoms with Crippen molar-refractivity contribution in [2.24, 2.45) is 60.3 Å². The molecule has 0 unspecified atom stereocenters. The average molecular weight is 2080 g/mol.